The molecular formula is C20H23N3O3S. The third-order valence-corrected chi connectivity index (χ3v) is 6.02. The van der Waals surface area contributed by atoms with Gasteiger partial charge in [-0.15, -0.1) is 11.3 Å². The quantitative estimate of drug-likeness (QED) is 0.814. The second-order valence-electron chi connectivity index (χ2n) is 7.27. The molecule has 7 heteroatoms. The van der Waals surface area contributed by atoms with Crippen molar-refractivity contribution in [2.24, 2.45) is 5.92 Å². The van der Waals surface area contributed by atoms with E-state index in [0.29, 0.717) is 17.4 Å². The highest BCUT2D eigenvalue weighted by molar-refractivity contribution is 7.09. The van der Waals surface area contributed by atoms with Gasteiger partial charge in [0.1, 0.15) is 12.3 Å². The molecule has 0 unspecified atom stereocenters. The van der Waals surface area contributed by atoms with Crippen LogP contribution in [-0.2, 0) is 9.59 Å². The monoisotopic (exact) mass is 385 g/mol. The molecule has 3 heterocycles. The molecule has 1 saturated heterocycles. The van der Waals surface area contributed by atoms with Gasteiger partial charge in [0.15, 0.2) is 6.61 Å². The Balaban J connectivity index is 1.58. The zero-order valence-corrected chi connectivity index (χ0v) is 16.4. The van der Waals surface area contributed by atoms with E-state index in [1.807, 2.05) is 35.4 Å². The molecule has 142 valence electrons. The number of carbonyl (C=O) groups excluding carboxylic acids is 2. The molecular weight excluding hydrogens is 362 g/mol. The number of hydrogen-bond donors (Lipinski definition) is 0. The number of aryl methyl sites for hydroxylation is 1. The molecule has 0 aliphatic carbocycles. The lowest BCUT2D eigenvalue weighted by atomic mass is 9.99. The van der Waals surface area contributed by atoms with Crippen LogP contribution in [0.1, 0.15) is 24.8 Å². The van der Waals surface area contributed by atoms with Gasteiger partial charge in [0.25, 0.3) is 5.91 Å². The van der Waals surface area contributed by atoms with Crippen LogP contribution in [0.25, 0.3) is 11.3 Å². The third kappa shape index (κ3) is 3.69. The van der Waals surface area contributed by atoms with Gasteiger partial charge in [0, 0.05) is 24.0 Å². The molecule has 0 N–H and O–H groups in total. The van der Waals surface area contributed by atoms with E-state index < -0.39 is 0 Å². The minimum Gasteiger partial charge on any atom is -0.482 e. The molecule has 0 saturated carbocycles. The van der Waals surface area contributed by atoms with E-state index in [9.17, 15) is 9.59 Å². The summed E-state index contributed by atoms with van der Waals surface area (Å²) in [7, 11) is 0. The van der Waals surface area contributed by atoms with E-state index in [0.717, 1.165) is 42.2 Å². The third-order valence-electron chi connectivity index (χ3n) is 5.25. The second kappa shape index (κ2) is 7.31. The maximum absolute atomic E-state index is 12.8. The van der Waals surface area contributed by atoms with Crippen LogP contribution in [0.15, 0.2) is 23.6 Å². The molecule has 0 atom stereocenters. The van der Waals surface area contributed by atoms with Crippen LogP contribution in [0.5, 0.6) is 5.75 Å². The fourth-order valence-electron chi connectivity index (χ4n) is 3.52. The van der Waals surface area contributed by atoms with Crippen LogP contribution in [-0.4, -0.2) is 47.9 Å². The van der Waals surface area contributed by atoms with Crippen LogP contribution in [0.2, 0.25) is 0 Å². The van der Waals surface area contributed by atoms with Crippen molar-refractivity contribution < 1.29 is 14.3 Å². The first-order valence-electron chi connectivity index (χ1n) is 9.29. The minimum atomic E-state index is -0.187. The zero-order chi connectivity index (χ0) is 19.0. The highest BCUT2D eigenvalue weighted by Gasteiger charge is 2.30. The van der Waals surface area contributed by atoms with Gasteiger partial charge in [-0.2, -0.15) is 0 Å². The molecule has 0 radical (unpaired) electrons. The Morgan fingerprint density at radius 2 is 2.11 bits per heavy atom. The fourth-order valence-corrected chi connectivity index (χ4v) is 4.15. The lowest BCUT2D eigenvalue weighted by Gasteiger charge is -2.34. The average Bonchev–Trinajstić information content (AvgIpc) is 3.10. The largest absolute Gasteiger partial charge is 0.482 e. The van der Waals surface area contributed by atoms with E-state index in [4.69, 9.17) is 4.74 Å². The maximum atomic E-state index is 12.8. The van der Waals surface area contributed by atoms with Crippen LogP contribution >= 0.6 is 11.3 Å². The summed E-state index contributed by atoms with van der Waals surface area (Å²) >= 11 is 1.58. The molecule has 1 aromatic carbocycles. The molecule has 2 aliphatic rings. The summed E-state index contributed by atoms with van der Waals surface area (Å²) in [6, 6.07) is 5.69. The standard InChI is InChI=1S/C20H23N3O3S/c1-13-5-7-22(8-6-13)19(24)10-23-17-9-15(16-12-27-14(2)21-16)3-4-18(17)26-11-20(23)25/h3-4,9,12-13H,5-8,10-11H2,1-2H3. The predicted molar refractivity (Wildman–Crippen MR) is 105 cm³/mol. The van der Waals surface area contributed by atoms with Crippen molar-refractivity contribution in [2.45, 2.75) is 26.7 Å². The van der Waals surface area contributed by atoms with E-state index >= 15 is 0 Å². The molecule has 0 bridgehead atoms. The van der Waals surface area contributed by atoms with Crippen LogP contribution < -0.4 is 9.64 Å². The molecule has 2 aromatic rings. The number of likely N-dealkylation sites (tertiary alicyclic amines) is 1. The van der Waals surface area contributed by atoms with Crippen LogP contribution in [0, 0.1) is 12.8 Å². The van der Waals surface area contributed by atoms with Gasteiger partial charge < -0.3 is 9.64 Å². The van der Waals surface area contributed by atoms with Crippen molar-refractivity contribution in [3.8, 4) is 17.0 Å². The minimum absolute atomic E-state index is 0.00185. The number of anilines is 1. The van der Waals surface area contributed by atoms with Gasteiger partial charge in [-0.05, 0) is 43.9 Å². The van der Waals surface area contributed by atoms with Gasteiger partial charge in [-0.1, -0.05) is 6.92 Å². The van der Waals surface area contributed by atoms with Crippen LogP contribution in [0.4, 0.5) is 5.69 Å². The Hall–Kier alpha value is -2.41. The number of rotatable bonds is 3. The Bertz CT molecular complexity index is 871. The summed E-state index contributed by atoms with van der Waals surface area (Å²) < 4.78 is 5.57. The smallest absolute Gasteiger partial charge is 0.265 e. The van der Waals surface area contributed by atoms with Crippen molar-refractivity contribution in [3.05, 3.63) is 28.6 Å². The first kappa shape index (κ1) is 18.0. The topological polar surface area (TPSA) is 62.7 Å². The van der Waals surface area contributed by atoms with E-state index in [2.05, 4.69) is 11.9 Å². The number of benzene rings is 1. The summed E-state index contributed by atoms with van der Waals surface area (Å²) in [6.07, 6.45) is 2.04. The van der Waals surface area contributed by atoms with Gasteiger partial charge in [0.05, 0.1) is 16.4 Å². The first-order valence-corrected chi connectivity index (χ1v) is 10.2. The molecule has 6 nitrogen and oxygen atoms in total. The summed E-state index contributed by atoms with van der Waals surface area (Å²) in [5.41, 5.74) is 2.43. The Kier molecular flexibility index (Phi) is 4.86. The molecule has 2 amide bonds. The first-order chi connectivity index (χ1) is 13.0. The molecule has 2 aliphatic heterocycles. The van der Waals surface area contributed by atoms with Crippen molar-refractivity contribution in [1.82, 2.24) is 9.88 Å². The number of aromatic nitrogens is 1. The Morgan fingerprint density at radius 3 is 2.81 bits per heavy atom. The van der Waals surface area contributed by atoms with Gasteiger partial charge in [0.2, 0.25) is 5.91 Å². The molecule has 4 rings (SSSR count). The lowest BCUT2D eigenvalue weighted by molar-refractivity contribution is -0.133. The SMILES string of the molecule is Cc1nc(-c2ccc3c(c2)N(CC(=O)N2CCC(C)CC2)C(=O)CO3)cs1. The van der Waals surface area contributed by atoms with Crippen molar-refractivity contribution in [3.63, 3.8) is 0 Å². The maximum Gasteiger partial charge on any atom is 0.265 e. The normalized spacial score (nSPS) is 17.6. The molecule has 27 heavy (non-hydrogen) atoms. The van der Waals surface area contributed by atoms with E-state index in [1.165, 1.54) is 0 Å². The fraction of sp³-hybridized carbons (Fsp3) is 0.450. The number of fused-ring (bicyclic) bond motifs is 1. The van der Waals surface area contributed by atoms with Gasteiger partial charge in [-0.3, -0.25) is 14.5 Å². The highest BCUT2D eigenvalue weighted by Crippen LogP contribution is 2.36. The van der Waals surface area contributed by atoms with E-state index in [1.54, 1.807) is 16.2 Å². The van der Waals surface area contributed by atoms with Crippen molar-refractivity contribution >= 4 is 28.8 Å². The molecule has 0 spiro atoms. The number of piperidine rings is 1. The van der Waals surface area contributed by atoms with Crippen LogP contribution in [0.3, 0.4) is 0 Å². The highest BCUT2D eigenvalue weighted by atomic mass is 32.1. The number of nitrogens with zero attached hydrogens (tertiary/aromatic N) is 3. The number of carbonyl (C=O) groups is 2. The lowest BCUT2D eigenvalue weighted by Crippen LogP contribution is -2.48. The van der Waals surface area contributed by atoms with Crippen molar-refractivity contribution in [2.75, 3.05) is 31.1 Å². The molecule has 1 fully saturated rings. The Labute approximate surface area is 162 Å². The van der Waals surface area contributed by atoms with E-state index in [-0.39, 0.29) is 25.0 Å². The van der Waals surface area contributed by atoms with Crippen molar-refractivity contribution in [1.29, 1.82) is 0 Å². The second-order valence-corrected chi connectivity index (χ2v) is 8.33. The predicted octanol–water partition coefficient (Wildman–Crippen LogP) is 3.10. The summed E-state index contributed by atoms with van der Waals surface area (Å²) in [5, 5.41) is 2.98. The number of ether oxygens (including phenoxy) is 1. The number of hydrogen-bond acceptors (Lipinski definition) is 5. The summed E-state index contributed by atoms with van der Waals surface area (Å²) in [6.45, 7) is 5.73. The number of amides is 2. The van der Waals surface area contributed by atoms with Gasteiger partial charge in [-0.25, -0.2) is 4.98 Å². The Morgan fingerprint density at radius 1 is 1.33 bits per heavy atom. The average molecular weight is 385 g/mol. The number of thiazole rings is 1. The summed E-state index contributed by atoms with van der Waals surface area (Å²) in [5.74, 6) is 1.10. The molecule has 1 aromatic heterocycles. The zero-order valence-electron chi connectivity index (χ0n) is 15.6. The summed E-state index contributed by atoms with van der Waals surface area (Å²) in [4.78, 5) is 33.2. The van der Waals surface area contributed by atoms with Gasteiger partial charge >= 0.3 is 0 Å².